The third-order valence-corrected chi connectivity index (χ3v) is 4.64. The van der Waals surface area contributed by atoms with Crippen LogP contribution in [0.1, 0.15) is 0 Å². The average molecular weight is 436 g/mol. The maximum absolute atomic E-state index is 13.0. The van der Waals surface area contributed by atoms with Crippen molar-refractivity contribution in [3.63, 3.8) is 0 Å². The van der Waals surface area contributed by atoms with Crippen molar-refractivity contribution in [3.05, 3.63) is 0 Å². The van der Waals surface area contributed by atoms with Gasteiger partial charge in [0.25, 0.3) is 5.95 Å². The number of aromatic nitrogens is 6. The molecule has 2 aliphatic rings. The molecule has 168 valence electrons. The number of hydrogen-bond acceptors (Lipinski definition) is 14. The monoisotopic (exact) mass is 436 g/mol. The number of anilines is 6. The first-order chi connectivity index (χ1) is 15.2. The minimum atomic E-state index is -0.175. The lowest BCUT2D eigenvalue weighted by atomic mass is 10.4. The molecule has 0 saturated carbocycles. The van der Waals surface area contributed by atoms with E-state index in [1.165, 1.54) is 5.54 Å². The van der Waals surface area contributed by atoms with Gasteiger partial charge in [0.2, 0.25) is 29.7 Å². The molecule has 4 N–H and O–H groups in total. The van der Waals surface area contributed by atoms with Crippen molar-refractivity contribution in [2.75, 3.05) is 97.6 Å². The fourth-order valence-electron chi connectivity index (χ4n) is 3.05. The van der Waals surface area contributed by atoms with Crippen LogP contribution >= 0.6 is 0 Å². The lowest BCUT2D eigenvalue weighted by Crippen LogP contribution is -2.37. The van der Waals surface area contributed by atoms with Crippen molar-refractivity contribution >= 4 is 35.7 Å². The number of rotatable bonds is 8. The van der Waals surface area contributed by atoms with Crippen LogP contribution in [0, 0.1) is 0 Å². The molecule has 4 rings (SSSR count). The molecule has 14 nitrogen and oxygen atoms in total. The first-order valence-corrected chi connectivity index (χ1v) is 9.95. The second kappa shape index (κ2) is 10.1. The molecule has 0 bridgehead atoms. The van der Waals surface area contributed by atoms with Gasteiger partial charge in [0, 0.05) is 33.2 Å². The SMILES string of the molecule is CNc1nc(NCNc2nc(NF)nc(N3CCOCC3)n2)nc(N2CCOCC2)n1. The van der Waals surface area contributed by atoms with Gasteiger partial charge in [0.05, 0.1) is 33.1 Å². The van der Waals surface area contributed by atoms with Gasteiger partial charge in [-0.05, 0) is 0 Å². The van der Waals surface area contributed by atoms with Gasteiger partial charge in [-0.15, -0.1) is 4.48 Å². The van der Waals surface area contributed by atoms with Crippen molar-refractivity contribution in [1.29, 1.82) is 0 Å². The Morgan fingerprint density at radius 1 is 0.710 bits per heavy atom. The normalized spacial score (nSPS) is 16.7. The third-order valence-electron chi connectivity index (χ3n) is 4.64. The molecule has 0 amide bonds. The lowest BCUT2D eigenvalue weighted by molar-refractivity contribution is 0.122. The van der Waals surface area contributed by atoms with Gasteiger partial charge in [-0.3, -0.25) is 0 Å². The number of halogens is 1. The Balaban J connectivity index is 1.42. The van der Waals surface area contributed by atoms with Crippen LogP contribution in [0.3, 0.4) is 0 Å². The summed E-state index contributed by atoms with van der Waals surface area (Å²) in [5.41, 5.74) is 1.48. The van der Waals surface area contributed by atoms with Crippen molar-refractivity contribution in [2.45, 2.75) is 0 Å². The highest BCUT2D eigenvalue weighted by atomic mass is 19.2. The largest absolute Gasteiger partial charge is 0.378 e. The highest BCUT2D eigenvalue weighted by Crippen LogP contribution is 2.16. The molecule has 2 fully saturated rings. The lowest BCUT2D eigenvalue weighted by Gasteiger charge is -2.27. The fourth-order valence-corrected chi connectivity index (χ4v) is 3.05. The molecule has 2 saturated heterocycles. The number of nitrogens with zero attached hydrogens (tertiary/aromatic N) is 8. The Hall–Kier alpha value is -3.33. The number of ether oxygens (including phenoxy) is 2. The summed E-state index contributed by atoms with van der Waals surface area (Å²) in [6, 6.07) is 0. The molecule has 2 aromatic rings. The molecule has 0 radical (unpaired) electrons. The van der Waals surface area contributed by atoms with Crippen LogP contribution in [0.15, 0.2) is 0 Å². The highest BCUT2D eigenvalue weighted by molar-refractivity contribution is 5.46. The Morgan fingerprint density at radius 2 is 1.16 bits per heavy atom. The summed E-state index contributed by atoms with van der Waals surface area (Å²) in [6.45, 7) is 5.23. The van der Waals surface area contributed by atoms with E-state index < -0.39 is 0 Å². The Kier molecular flexibility index (Phi) is 6.83. The van der Waals surface area contributed by atoms with Crippen LogP contribution in [0.5, 0.6) is 0 Å². The van der Waals surface area contributed by atoms with Crippen LogP contribution in [-0.2, 0) is 9.47 Å². The highest BCUT2D eigenvalue weighted by Gasteiger charge is 2.18. The fraction of sp³-hybridized carbons (Fsp3) is 0.625. The van der Waals surface area contributed by atoms with Crippen LogP contribution in [-0.4, -0.2) is 96.2 Å². The van der Waals surface area contributed by atoms with E-state index in [0.29, 0.717) is 76.4 Å². The number of hydrogen-bond donors (Lipinski definition) is 4. The molecule has 31 heavy (non-hydrogen) atoms. The number of morpholine rings is 2. The molecular formula is C16H25FN12O2. The molecule has 2 aromatic heterocycles. The van der Waals surface area contributed by atoms with Crippen molar-refractivity contribution in [3.8, 4) is 0 Å². The first kappa shape index (κ1) is 20.9. The van der Waals surface area contributed by atoms with E-state index in [-0.39, 0.29) is 18.6 Å². The molecule has 15 heteroatoms. The van der Waals surface area contributed by atoms with Gasteiger partial charge in [-0.25, -0.2) is 0 Å². The average Bonchev–Trinajstić information content (AvgIpc) is 2.84. The molecule has 0 aliphatic carbocycles. The summed E-state index contributed by atoms with van der Waals surface area (Å²) in [5, 5.41) is 8.99. The smallest absolute Gasteiger partial charge is 0.257 e. The summed E-state index contributed by atoms with van der Waals surface area (Å²) in [6.07, 6.45) is 0. The van der Waals surface area contributed by atoms with E-state index in [0.717, 1.165) is 0 Å². The summed E-state index contributed by atoms with van der Waals surface area (Å²) < 4.78 is 23.7. The molecular weight excluding hydrogens is 411 g/mol. The van der Waals surface area contributed by atoms with Crippen LogP contribution in [0.25, 0.3) is 0 Å². The van der Waals surface area contributed by atoms with E-state index in [4.69, 9.17) is 9.47 Å². The predicted octanol–water partition coefficient (Wildman–Crippen LogP) is -0.451. The van der Waals surface area contributed by atoms with Crippen LogP contribution < -0.4 is 31.3 Å². The maximum Gasteiger partial charge on any atom is 0.257 e. The van der Waals surface area contributed by atoms with E-state index in [1.807, 2.05) is 9.80 Å². The minimum Gasteiger partial charge on any atom is -0.378 e. The summed E-state index contributed by atoms with van der Waals surface area (Å²) in [7, 11) is 1.74. The zero-order valence-corrected chi connectivity index (χ0v) is 17.1. The summed E-state index contributed by atoms with van der Waals surface area (Å²) >= 11 is 0. The van der Waals surface area contributed by atoms with Gasteiger partial charge in [-0.2, -0.15) is 35.4 Å². The van der Waals surface area contributed by atoms with E-state index in [2.05, 4.69) is 45.9 Å². The molecule has 4 heterocycles. The Bertz CT molecular complexity index is 793. The second-order valence-electron chi connectivity index (χ2n) is 6.64. The molecule has 2 aliphatic heterocycles. The van der Waals surface area contributed by atoms with E-state index in [9.17, 15) is 4.48 Å². The summed E-state index contributed by atoms with van der Waals surface area (Å²) in [5.74, 6) is 1.78. The summed E-state index contributed by atoms with van der Waals surface area (Å²) in [4.78, 5) is 29.6. The van der Waals surface area contributed by atoms with Crippen molar-refractivity contribution in [1.82, 2.24) is 29.9 Å². The quantitative estimate of drug-likeness (QED) is 0.312. The molecule has 0 spiro atoms. The molecule has 0 atom stereocenters. The van der Waals surface area contributed by atoms with Crippen LogP contribution in [0.4, 0.5) is 40.2 Å². The predicted molar refractivity (Wildman–Crippen MR) is 112 cm³/mol. The van der Waals surface area contributed by atoms with Gasteiger partial charge in [0.1, 0.15) is 0 Å². The Morgan fingerprint density at radius 3 is 1.65 bits per heavy atom. The first-order valence-electron chi connectivity index (χ1n) is 9.95. The molecule has 0 unspecified atom stereocenters. The van der Waals surface area contributed by atoms with E-state index in [1.54, 1.807) is 7.05 Å². The zero-order valence-electron chi connectivity index (χ0n) is 17.1. The Labute approximate surface area is 177 Å². The zero-order chi connectivity index (χ0) is 21.5. The van der Waals surface area contributed by atoms with Gasteiger partial charge in [-0.1, -0.05) is 0 Å². The molecule has 0 aromatic carbocycles. The van der Waals surface area contributed by atoms with Crippen molar-refractivity contribution < 1.29 is 14.0 Å². The topological polar surface area (TPSA) is 150 Å². The van der Waals surface area contributed by atoms with Crippen LogP contribution in [0.2, 0.25) is 0 Å². The van der Waals surface area contributed by atoms with Gasteiger partial charge < -0.3 is 35.2 Å². The standard InChI is InChI=1S/C16H25FN12O2/c1-18-11-21-12(24-15(23-11)28-2-6-30-7-3-28)19-10-20-13-22-14(27-17)26-16(25-13)29-4-8-31-9-5-29/h2-10H2,1H3,(H2,18,19,21,23,24)(H2,20,22,25,26,27). The number of nitrogens with one attached hydrogen (secondary N) is 4. The van der Waals surface area contributed by atoms with Gasteiger partial charge >= 0.3 is 0 Å². The maximum atomic E-state index is 13.0. The van der Waals surface area contributed by atoms with Crippen molar-refractivity contribution in [2.24, 2.45) is 0 Å². The third kappa shape index (κ3) is 5.43. The van der Waals surface area contributed by atoms with E-state index >= 15 is 0 Å². The minimum absolute atomic E-state index is 0.175. The second-order valence-corrected chi connectivity index (χ2v) is 6.64. The van der Waals surface area contributed by atoms with Gasteiger partial charge in [0.15, 0.2) is 0 Å².